The predicted octanol–water partition coefficient (Wildman–Crippen LogP) is 3.88. The Morgan fingerprint density at radius 1 is 1.33 bits per heavy atom. The summed E-state index contributed by atoms with van der Waals surface area (Å²) in [6.07, 6.45) is 1.70. The number of aliphatic imine (C=N–C) groups is 1. The fourth-order valence-electron chi connectivity index (χ4n) is 2.32. The van der Waals surface area contributed by atoms with Gasteiger partial charge in [0.25, 0.3) is 5.91 Å². The van der Waals surface area contributed by atoms with Crippen LogP contribution in [0.4, 0.5) is 0 Å². The number of hydrogen-bond donors (Lipinski definition) is 1. The highest BCUT2D eigenvalue weighted by atomic mass is 32.2. The van der Waals surface area contributed by atoms with Gasteiger partial charge in [0.2, 0.25) is 0 Å². The predicted molar refractivity (Wildman–Crippen MR) is 99.4 cm³/mol. The van der Waals surface area contributed by atoms with Gasteiger partial charge in [-0.2, -0.15) is 0 Å². The van der Waals surface area contributed by atoms with Crippen LogP contribution in [0.5, 0.6) is 11.5 Å². The lowest BCUT2D eigenvalue weighted by molar-refractivity contribution is -0.123. The minimum atomic E-state index is -0.0874. The van der Waals surface area contributed by atoms with Gasteiger partial charge in [-0.25, -0.2) is 0 Å². The van der Waals surface area contributed by atoms with Crippen LogP contribution in [0.25, 0.3) is 6.08 Å². The molecule has 24 heavy (non-hydrogen) atoms. The summed E-state index contributed by atoms with van der Waals surface area (Å²) in [4.78, 5) is 19.5. The van der Waals surface area contributed by atoms with E-state index in [1.54, 1.807) is 29.2 Å². The first-order chi connectivity index (χ1) is 11.3. The van der Waals surface area contributed by atoms with Crippen molar-refractivity contribution in [3.8, 4) is 11.5 Å². The molecule has 1 saturated heterocycles. The van der Waals surface area contributed by atoms with Crippen LogP contribution < -0.4 is 4.74 Å². The van der Waals surface area contributed by atoms with Crippen molar-refractivity contribution in [3.05, 3.63) is 28.7 Å². The number of hydrogen-bond acceptors (Lipinski definition) is 5. The van der Waals surface area contributed by atoms with Crippen LogP contribution in [-0.2, 0) is 4.79 Å². The van der Waals surface area contributed by atoms with Crippen molar-refractivity contribution in [2.75, 3.05) is 6.61 Å². The highest BCUT2D eigenvalue weighted by molar-refractivity contribution is 8.18. The Bertz CT molecular complexity index is 681. The first kappa shape index (κ1) is 18.4. The molecule has 0 spiro atoms. The molecule has 0 bridgehead atoms. The zero-order chi connectivity index (χ0) is 17.9. The number of rotatable bonds is 5. The Labute approximate surface area is 147 Å². The topological polar surface area (TPSA) is 62.1 Å². The van der Waals surface area contributed by atoms with Crippen LogP contribution >= 0.6 is 11.8 Å². The summed E-state index contributed by atoms with van der Waals surface area (Å²) in [7, 11) is 0. The van der Waals surface area contributed by atoms with Crippen molar-refractivity contribution in [1.82, 2.24) is 4.90 Å². The third-order valence-corrected chi connectivity index (χ3v) is 4.34. The number of aromatic hydroxyl groups is 1. The number of para-hydroxylation sites is 1. The zero-order valence-corrected chi connectivity index (χ0v) is 15.6. The molecule has 0 aromatic heterocycles. The van der Waals surface area contributed by atoms with Crippen LogP contribution in [0.3, 0.4) is 0 Å². The van der Waals surface area contributed by atoms with Gasteiger partial charge in [-0.05, 0) is 58.5 Å². The summed E-state index contributed by atoms with van der Waals surface area (Å²) in [5.41, 5.74) is 0.561. The van der Waals surface area contributed by atoms with Gasteiger partial charge in [-0.3, -0.25) is 14.7 Å². The van der Waals surface area contributed by atoms with Crippen molar-refractivity contribution in [1.29, 1.82) is 0 Å². The number of benzene rings is 1. The second kappa shape index (κ2) is 7.75. The first-order valence-corrected chi connectivity index (χ1v) is 8.92. The summed E-state index contributed by atoms with van der Waals surface area (Å²) >= 11 is 1.34. The number of nitrogens with zero attached hydrogens (tertiary/aromatic N) is 2. The van der Waals surface area contributed by atoms with Gasteiger partial charge in [0, 0.05) is 17.6 Å². The molecule has 1 amide bonds. The second-order valence-electron chi connectivity index (χ2n) is 6.01. The van der Waals surface area contributed by atoms with E-state index >= 15 is 0 Å². The van der Waals surface area contributed by atoms with E-state index in [2.05, 4.69) is 4.99 Å². The molecule has 0 saturated carbocycles. The Balaban J connectivity index is 2.41. The van der Waals surface area contributed by atoms with E-state index in [0.29, 0.717) is 28.0 Å². The number of phenolic OH excluding ortho intramolecular Hbond substituents is 1. The third kappa shape index (κ3) is 3.93. The molecule has 0 radical (unpaired) electrons. The molecular formula is C18H24N2O3S. The number of amides is 1. The molecule has 1 aliphatic heterocycles. The van der Waals surface area contributed by atoms with Crippen LogP contribution in [0, 0.1) is 0 Å². The third-order valence-electron chi connectivity index (χ3n) is 3.34. The van der Waals surface area contributed by atoms with E-state index < -0.39 is 0 Å². The van der Waals surface area contributed by atoms with Crippen LogP contribution in [-0.4, -0.2) is 39.8 Å². The summed E-state index contributed by atoms with van der Waals surface area (Å²) in [6, 6.07) is 5.39. The van der Waals surface area contributed by atoms with Crippen molar-refractivity contribution in [2.24, 2.45) is 4.99 Å². The average molecular weight is 348 g/mol. The van der Waals surface area contributed by atoms with E-state index in [4.69, 9.17) is 4.74 Å². The summed E-state index contributed by atoms with van der Waals surface area (Å²) in [5, 5.41) is 11.0. The lowest BCUT2D eigenvalue weighted by Crippen LogP contribution is -2.35. The Hall–Kier alpha value is -1.95. The Morgan fingerprint density at radius 2 is 2.04 bits per heavy atom. The number of carbonyl (C=O) groups excluding carboxylic acids is 1. The monoisotopic (exact) mass is 348 g/mol. The molecule has 1 aliphatic rings. The Kier molecular flexibility index (Phi) is 5.94. The molecule has 0 unspecified atom stereocenters. The largest absolute Gasteiger partial charge is 0.504 e. The number of carbonyl (C=O) groups is 1. The molecule has 1 fully saturated rings. The summed E-state index contributed by atoms with van der Waals surface area (Å²) in [6.45, 7) is 10.2. The van der Waals surface area contributed by atoms with Gasteiger partial charge in [0.1, 0.15) is 0 Å². The van der Waals surface area contributed by atoms with Crippen molar-refractivity contribution in [3.63, 3.8) is 0 Å². The van der Waals surface area contributed by atoms with E-state index in [-0.39, 0.29) is 23.7 Å². The van der Waals surface area contributed by atoms with Gasteiger partial charge in [-0.15, -0.1) is 0 Å². The maximum atomic E-state index is 12.7. The number of phenols is 1. The molecule has 130 valence electrons. The number of amidine groups is 1. The SMILES string of the molecule is CCOc1cccc(/C=C2/SC(=NC(C)C)N(C(C)C)C2=O)c1O. The van der Waals surface area contributed by atoms with E-state index in [1.807, 2.05) is 34.6 Å². The van der Waals surface area contributed by atoms with Gasteiger partial charge in [0.05, 0.1) is 11.5 Å². The molecule has 1 aromatic rings. The fourth-order valence-corrected chi connectivity index (χ4v) is 3.55. The highest BCUT2D eigenvalue weighted by Gasteiger charge is 2.35. The van der Waals surface area contributed by atoms with Gasteiger partial charge in [-0.1, -0.05) is 12.1 Å². The highest BCUT2D eigenvalue weighted by Crippen LogP contribution is 2.37. The van der Waals surface area contributed by atoms with Crippen molar-refractivity contribution in [2.45, 2.75) is 46.7 Å². The number of thioether (sulfide) groups is 1. The average Bonchev–Trinajstić information content (AvgIpc) is 2.78. The summed E-state index contributed by atoms with van der Waals surface area (Å²) < 4.78 is 5.40. The molecule has 5 nitrogen and oxygen atoms in total. The van der Waals surface area contributed by atoms with Crippen LogP contribution in [0.2, 0.25) is 0 Å². The van der Waals surface area contributed by atoms with Gasteiger partial charge < -0.3 is 9.84 Å². The standard InChI is InChI=1S/C18H24N2O3S/c1-6-23-14-9-7-8-13(16(14)21)10-15-17(22)20(12(4)5)18(24-15)19-11(2)3/h7-12,21H,6H2,1-5H3/b15-10+,19-18?. The molecule has 0 aliphatic carbocycles. The van der Waals surface area contributed by atoms with E-state index in [9.17, 15) is 9.90 Å². The lowest BCUT2D eigenvalue weighted by atomic mass is 10.1. The molecule has 1 N–H and O–H groups in total. The molecule has 1 heterocycles. The lowest BCUT2D eigenvalue weighted by Gasteiger charge is -2.20. The van der Waals surface area contributed by atoms with Gasteiger partial charge in [0.15, 0.2) is 16.7 Å². The fraction of sp³-hybridized carbons (Fsp3) is 0.444. The number of ether oxygens (including phenoxy) is 1. The Morgan fingerprint density at radius 3 is 2.62 bits per heavy atom. The molecule has 1 aromatic carbocycles. The maximum absolute atomic E-state index is 12.7. The van der Waals surface area contributed by atoms with Crippen LogP contribution in [0.1, 0.15) is 40.2 Å². The molecule has 2 rings (SSSR count). The van der Waals surface area contributed by atoms with Crippen molar-refractivity contribution < 1.29 is 14.6 Å². The van der Waals surface area contributed by atoms with Crippen LogP contribution in [0.15, 0.2) is 28.1 Å². The minimum Gasteiger partial charge on any atom is -0.504 e. The molecule has 0 atom stereocenters. The maximum Gasteiger partial charge on any atom is 0.266 e. The second-order valence-corrected chi connectivity index (χ2v) is 7.02. The quantitative estimate of drug-likeness (QED) is 0.820. The van der Waals surface area contributed by atoms with Crippen molar-refractivity contribution >= 4 is 28.9 Å². The molecule has 6 heteroatoms. The summed E-state index contributed by atoms with van der Waals surface area (Å²) in [5.74, 6) is 0.375. The van der Waals surface area contributed by atoms with E-state index in [0.717, 1.165) is 0 Å². The first-order valence-electron chi connectivity index (χ1n) is 8.10. The normalized spacial score (nSPS) is 18.5. The van der Waals surface area contributed by atoms with Gasteiger partial charge >= 0.3 is 0 Å². The molecular weight excluding hydrogens is 324 g/mol. The zero-order valence-electron chi connectivity index (χ0n) is 14.7. The van der Waals surface area contributed by atoms with E-state index in [1.165, 1.54) is 11.8 Å². The minimum absolute atomic E-state index is 0.0248. The smallest absolute Gasteiger partial charge is 0.266 e.